The van der Waals surface area contributed by atoms with Crippen LogP contribution in [0.4, 0.5) is 34.1 Å². The molecule has 0 unspecified atom stereocenters. The van der Waals surface area contributed by atoms with Gasteiger partial charge < -0.3 is 19.3 Å². The Morgan fingerprint density at radius 3 is 1.03 bits per heavy atom. The molecule has 0 spiro atoms. The van der Waals surface area contributed by atoms with E-state index in [9.17, 15) is 4.79 Å². The molecule has 0 saturated carbocycles. The number of carbonyl (C=O) groups excluding carboxylic acids is 1. The number of anilines is 6. The maximum Gasteiger partial charge on any atom is 0.193 e. The van der Waals surface area contributed by atoms with Crippen LogP contribution in [-0.4, -0.2) is 5.78 Å². The molecular weight excluding hydrogens is 809 g/mol. The third-order valence-corrected chi connectivity index (χ3v) is 12.4. The van der Waals surface area contributed by atoms with Crippen LogP contribution in [0.1, 0.15) is 15.9 Å². The van der Waals surface area contributed by atoms with Crippen LogP contribution >= 0.6 is 0 Å². The molecule has 0 fully saturated rings. The van der Waals surface area contributed by atoms with Crippen LogP contribution in [0.3, 0.4) is 0 Å². The van der Waals surface area contributed by atoms with Crippen molar-refractivity contribution in [3.05, 3.63) is 254 Å². The van der Waals surface area contributed by atoms with Crippen molar-refractivity contribution in [2.75, 3.05) is 9.80 Å². The van der Waals surface area contributed by atoms with Crippen molar-refractivity contribution in [1.29, 1.82) is 0 Å². The van der Waals surface area contributed by atoms with Gasteiger partial charge in [0.15, 0.2) is 28.8 Å². The molecule has 0 radical (unpaired) electrons. The molecule has 5 heteroatoms. The topological polar surface area (TPSA) is 42.0 Å². The molecule has 0 aromatic heterocycles. The zero-order valence-corrected chi connectivity index (χ0v) is 35.7. The summed E-state index contributed by atoms with van der Waals surface area (Å²) in [6.45, 7) is 0. The lowest BCUT2D eigenvalue weighted by Gasteiger charge is -2.33. The molecule has 12 rings (SSSR count). The normalized spacial score (nSPS) is 12.2. The Hall–Kier alpha value is -8.93. The van der Waals surface area contributed by atoms with Gasteiger partial charge in [0.2, 0.25) is 0 Å². The largest absolute Gasteiger partial charge is 0.453 e. The van der Waals surface area contributed by atoms with Gasteiger partial charge in [0, 0.05) is 22.5 Å². The minimum atomic E-state index is -0.0313. The van der Waals surface area contributed by atoms with Gasteiger partial charge in [-0.05, 0) is 142 Å². The van der Waals surface area contributed by atoms with Gasteiger partial charge in [-0.1, -0.05) is 146 Å². The lowest BCUT2D eigenvalue weighted by Crippen LogP contribution is -2.15. The summed E-state index contributed by atoms with van der Waals surface area (Å²) >= 11 is 0. The zero-order chi connectivity index (χ0) is 44.0. The van der Waals surface area contributed by atoms with Gasteiger partial charge in [-0.3, -0.25) is 4.79 Å². The van der Waals surface area contributed by atoms with Crippen LogP contribution in [0.5, 0.6) is 23.0 Å². The van der Waals surface area contributed by atoms with Crippen LogP contribution in [0.15, 0.2) is 243 Å². The van der Waals surface area contributed by atoms with E-state index in [0.717, 1.165) is 102 Å². The van der Waals surface area contributed by atoms with E-state index in [1.54, 1.807) is 0 Å². The van der Waals surface area contributed by atoms with Gasteiger partial charge in [-0.2, -0.15) is 0 Å². The highest BCUT2D eigenvalue weighted by Gasteiger charge is 2.27. The predicted molar refractivity (Wildman–Crippen MR) is 268 cm³/mol. The summed E-state index contributed by atoms with van der Waals surface area (Å²) in [5, 5.41) is 0. The average Bonchev–Trinajstić information content (AvgIpc) is 3.39. The molecule has 0 N–H and O–H groups in total. The van der Waals surface area contributed by atoms with Crippen LogP contribution in [-0.2, 0) is 0 Å². The molecule has 0 saturated heterocycles. The number of nitrogens with zero attached hydrogens (tertiary/aromatic N) is 2. The fourth-order valence-electron chi connectivity index (χ4n) is 9.19. The highest BCUT2D eigenvalue weighted by molar-refractivity contribution is 6.10. The monoisotopic (exact) mass is 848 g/mol. The van der Waals surface area contributed by atoms with Crippen molar-refractivity contribution >= 4 is 39.9 Å². The number of carbonyl (C=O) groups is 1. The fourth-order valence-corrected chi connectivity index (χ4v) is 9.19. The van der Waals surface area contributed by atoms with E-state index in [2.05, 4.69) is 168 Å². The first kappa shape index (κ1) is 38.7. The molecule has 10 aromatic rings. The first-order valence-electron chi connectivity index (χ1n) is 22.1. The average molecular weight is 849 g/mol. The van der Waals surface area contributed by atoms with E-state index >= 15 is 0 Å². The van der Waals surface area contributed by atoms with Gasteiger partial charge >= 0.3 is 0 Å². The molecule has 0 bridgehead atoms. The van der Waals surface area contributed by atoms with Gasteiger partial charge in [0.05, 0.1) is 22.7 Å². The lowest BCUT2D eigenvalue weighted by molar-refractivity contribution is 0.103. The second-order valence-electron chi connectivity index (χ2n) is 16.5. The smallest absolute Gasteiger partial charge is 0.193 e. The number of ketones is 1. The Bertz CT molecular complexity index is 3240. The molecule has 2 heterocycles. The predicted octanol–water partition coefficient (Wildman–Crippen LogP) is 16.7. The molecule has 2 aliphatic heterocycles. The summed E-state index contributed by atoms with van der Waals surface area (Å²) in [5.41, 5.74) is 15.5. The Morgan fingerprint density at radius 2 is 0.606 bits per heavy atom. The second-order valence-corrected chi connectivity index (χ2v) is 16.5. The van der Waals surface area contributed by atoms with Crippen LogP contribution in [0.25, 0.3) is 44.5 Å². The summed E-state index contributed by atoms with van der Waals surface area (Å²) < 4.78 is 13.0. The summed E-state index contributed by atoms with van der Waals surface area (Å²) in [7, 11) is 0. The van der Waals surface area contributed by atoms with Crippen LogP contribution in [0.2, 0.25) is 0 Å². The Labute approximate surface area is 383 Å². The number of hydrogen-bond acceptors (Lipinski definition) is 5. The second kappa shape index (κ2) is 16.3. The van der Waals surface area contributed by atoms with E-state index < -0.39 is 0 Å². The highest BCUT2D eigenvalue weighted by Crippen LogP contribution is 2.53. The Morgan fingerprint density at radius 1 is 0.273 bits per heavy atom. The molecule has 0 atom stereocenters. The summed E-state index contributed by atoms with van der Waals surface area (Å²) in [6.07, 6.45) is 0. The first-order valence-corrected chi connectivity index (χ1v) is 22.1. The van der Waals surface area contributed by atoms with Crippen molar-refractivity contribution in [2.24, 2.45) is 0 Å². The van der Waals surface area contributed by atoms with Gasteiger partial charge in [0.25, 0.3) is 0 Å². The van der Waals surface area contributed by atoms with Crippen molar-refractivity contribution in [2.45, 2.75) is 0 Å². The number of ether oxygens (including phenoxy) is 2. The number of benzene rings is 10. The molecular formula is C61H40N2O3. The maximum absolute atomic E-state index is 14.3. The molecule has 0 amide bonds. The highest BCUT2D eigenvalue weighted by atomic mass is 16.5. The van der Waals surface area contributed by atoms with Crippen molar-refractivity contribution in [3.63, 3.8) is 0 Å². The standard InChI is InChI=1S/C61H40N2O3/c64-61(49-21-13-19-45(37-49)41-15-11-17-43(35-41)47-31-33-55-59(39-47)65-57-29-9-7-27-53(57)62(55)51-23-3-1-4-24-51)50-22-14-20-46(38-50)42-16-12-18-44(36-42)48-32-34-56-60(40-48)66-58-30-10-8-28-54(58)63(56)52-25-5-2-6-26-52/h1-40H. The van der Waals surface area contributed by atoms with E-state index in [-0.39, 0.29) is 5.78 Å². The summed E-state index contributed by atoms with van der Waals surface area (Å²) in [5.74, 6) is 3.17. The quantitative estimate of drug-likeness (QED) is 0.143. The van der Waals surface area contributed by atoms with E-state index in [1.165, 1.54) is 0 Å². The Balaban J connectivity index is 0.807. The molecule has 66 heavy (non-hydrogen) atoms. The molecule has 2 aliphatic rings. The van der Waals surface area contributed by atoms with E-state index in [0.29, 0.717) is 11.1 Å². The zero-order valence-electron chi connectivity index (χ0n) is 35.7. The van der Waals surface area contributed by atoms with Crippen molar-refractivity contribution in [3.8, 4) is 67.5 Å². The number of hydrogen-bond donors (Lipinski definition) is 0. The van der Waals surface area contributed by atoms with Gasteiger partial charge in [0.1, 0.15) is 0 Å². The Kier molecular flexibility index (Phi) is 9.58. The van der Waals surface area contributed by atoms with Crippen LogP contribution in [0, 0.1) is 0 Å². The third kappa shape index (κ3) is 7.05. The summed E-state index contributed by atoms with van der Waals surface area (Å²) in [6, 6.07) is 82.5. The molecule has 10 aromatic carbocycles. The van der Waals surface area contributed by atoms with Crippen LogP contribution < -0.4 is 19.3 Å². The van der Waals surface area contributed by atoms with Gasteiger partial charge in [-0.15, -0.1) is 0 Å². The fraction of sp³-hybridized carbons (Fsp3) is 0. The minimum Gasteiger partial charge on any atom is -0.453 e. The maximum atomic E-state index is 14.3. The molecule has 312 valence electrons. The SMILES string of the molecule is O=C(c1cccc(-c2cccc(-c3ccc4c(c3)Oc3ccccc3N4c3ccccc3)c2)c1)c1cccc(-c2cccc(-c3ccc4c(c3)Oc3ccccc3N4c3ccccc3)c2)c1. The number of para-hydroxylation sites is 6. The minimum absolute atomic E-state index is 0.0313. The molecule has 0 aliphatic carbocycles. The summed E-state index contributed by atoms with van der Waals surface area (Å²) in [4.78, 5) is 18.7. The number of fused-ring (bicyclic) bond motifs is 4. The van der Waals surface area contributed by atoms with Crippen molar-refractivity contribution in [1.82, 2.24) is 0 Å². The number of rotatable bonds is 8. The van der Waals surface area contributed by atoms with Gasteiger partial charge in [-0.25, -0.2) is 0 Å². The lowest BCUT2D eigenvalue weighted by atomic mass is 9.94. The van der Waals surface area contributed by atoms with E-state index in [1.807, 2.05) is 84.9 Å². The third-order valence-electron chi connectivity index (χ3n) is 12.4. The van der Waals surface area contributed by atoms with E-state index in [4.69, 9.17) is 9.47 Å². The molecule has 5 nitrogen and oxygen atoms in total. The first-order chi connectivity index (χ1) is 32.6. The van der Waals surface area contributed by atoms with Crippen molar-refractivity contribution < 1.29 is 14.3 Å².